The summed E-state index contributed by atoms with van der Waals surface area (Å²) in [6, 6.07) is -0.845. The van der Waals surface area contributed by atoms with E-state index in [1.165, 1.54) is 270 Å². The zero-order valence-electron chi connectivity index (χ0n) is 56.2. The number of hydrogen-bond donors (Lipinski definition) is 2. The van der Waals surface area contributed by atoms with Crippen LogP contribution in [0.15, 0.2) is 36.5 Å². The van der Waals surface area contributed by atoms with Gasteiger partial charge < -0.3 is 19.4 Å². The summed E-state index contributed by atoms with van der Waals surface area (Å²) in [6.07, 6.45) is 78.8. The van der Waals surface area contributed by atoms with Gasteiger partial charge in [0.1, 0.15) is 19.3 Å². The van der Waals surface area contributed by atoms with E-state index in [2.05, 4.69) is 50.4 Å². The number of phosphoric acid groups is 1. The van der Waals surface area contributed by atoms with Crippen LogP contribution in [0.4, 0.5) is 0 Å². The van der Waals surface area contributed by atoms with Gasteiger partial charge >= 0.3 is 13.8 Å². The second-order valence-electron chi connectivity index (χ2n) is 26.1. The van der Waals surface area contributed by atoms with Crippen LogP contribution in [0.1, 0.15) is 367 Å². The van der Waals surface area contributed by atoms with E-state index in [1.54, 1.807) is 0 Å². The maximum Gasteiger partial charge on any atom is 0.472 e. The molecule has 2 N–H and O–H groups in total. The molecule has 0 saturated carbocycles. The second kappa shape index (κ2) is 63.3. The molecule has 0 heterocycles. The number of rotatable bonds is 67. The van der Waals surface area contributed by atoms with Crippen LogP contribution in [-0.4, -0.2) is 74.3 Å². The topological polar surface area (TPSA) is 111 Å². The monoisotopic (exact) mass is 1190 g/mol. The molecule has 490 valence electrons. The maximum atomic E-state index is 13.6. The number of quaternary nitrogens is 1. The molecule has 0 aromatic carbocycles. The van der Waals surface area contributed by atoms with Gasteiger partial charge in [-0.2, -0.15) is 0 Å². The van der Waals surface area contributed by atoms with Gasteiger partial charge in [-0.1, -0.05) is 327 Å². The van der Waals surface area contributed by atoms with Gasteiger partial charge in [0.15, 0.2) is 0 Å². The molecule has 10 heteroatoms. The minimum atomic E-state index is -4.45. The summed E-state index contributed by atoms with van der Waals surface area (Å²) in [5, 5.41) is 3.08. The van der Waals surface area contributed by atoms with Gasteiger partial charge in [0.2, 0.25) is 5.91 Å². The SMILES string of the molecule is CCCCC/C=C\C/C=C\CCCCCCCCCCCCCCCC(=O)NC(COP(=O)(O)OCC[N+](C)(C)C)C(/C=C/CCCCCCCCCCC)OC(=O)CCCCCCCCCCCCCCCCCCCCCCCCC. The van der Waals surface area contributed by atoms with Crippen LogP contribution in [0, 0.1) is 0 Å². The first-order valence-electron chi connectivity index (χ1n) is 36.3. The van der Waals surface area contributed by atoms with E-state index in [0.717, 1.165) is 64.2 Å². The van der Waals surface area contributed by atoms with Crippen molar-refractivity contribution in [3.05, 3.63) is 36.5 Å². The summed E-state index contributed by atoms with van der Waals surface area (Å²) in [4.78, 5) is 37.9. The van der Waals surface area contributed by atoms with Crippen molar-refractivity contribution in [3.8, 4) is 0 Å². The Hall–Kier alpha value is -1.77. The van der Waals surface area contributed by atoms with E-state index in [9.17, 15) is 19.0 Å². The lowest BCUT2D eigenvalue weighted by Gasteiger charge is -2.27. The van der Waals surface area contributed by atoms with Crippen molar-refractivity contribution >= 4 is 19.7 Å². The van der Waals surface area contributed by atoms with Gasteiger partial charge in [-0.3, -0.25) is 18.6 Å². The molecule has 3 atom stereocenters. The van der Waals surface area contributed by atoms with E-state index in [-0.39, 0.29) is 25.1 Å². The van der Waals surface area contributed by atoms with Crippen LogP contribution in [-0.2, 0) is 27.9 Å². The molecule has 0 radical (unpaired) electrons. The first-order valence-corrected chi connectivity index (χ1v) is 37.8. The van der Waals surface area contributed by atoms with Gasteiger partial charge in [-0.05, 0) is 63.9 Å². The summed E-state index contributed by atoms with van der Waals surface area (Å²) in [5.41, 5.74) is 0. The number of allylic oxidation sites excluding steroid dienone is 5. The summed E-state index contributed by atoms with van der Waals surface area (Å²) < 4.78 is 30.8. The normalized spacial score (nSPS) is 13.7. The quantitative estimate of drug-likeness (QED) is 0.0205. The Morgan fingerprint density at radius 1 is 0.422 bits per heavy atom. The summed E-state index contributed by atoms with van der Waals surface area (Å²) in [7, 11) is 1.51. The Bertz CT molecular complexity index is 1510. The number of likely N-dealkylation sites (N-methyl/N-ethyl adjacent to an activating group) is 1. The van der Waals surface area contributed by atoms with Crippen molar-refractivity contribution in [1.29, 1.82) is 0 Å². The maximum absolute atomic E-state index is 13.6. The third kappa shape index (κ3) is 64.5. The molecule has 0 fully saturated rings. The fraction of sp³-hybridized carbons (Fsp3) is 0.890. The fourth-order valence-electron chi connectivity index (χ4n) is 11.0. The summed E-state index contributed by atoms with van der Waals surface area (Å²) in [5.74, 6) is -0.485. The van der Waals surface area contributed by atoms with Gasteiger partial charge in [0, 0.05) is 12.8 Å². The fourth-order valence-corrected chi connectivity index (χ4v) is 11.7. The second-order valence-corrected chi connectivity index (χ2v) is 27.6. The smallest absolute Gasteiger partial charge is 0.456 e. The zero-order chi connectivity index (χ0) is 60.7. The van der Waals surface area contributed by atoms with Crippen LogP contribution in [0.3, 0.4) is 0 Å². The molecule has 0 rings (SSSR count). The lowest BCUT2D eigenvalue weighted by Crippen LogP contribution is -2.47. The largest absolute Gasteiger partial charge is 0.472 e. The van der Waals surface area contributed by atoms with Crippen molar-refractivity contribution in [1.82, 2.24) is 5.32 Å². The zero-order valence-corrected chi connectivity index (χ0v) is 57.1. The predicted octanol–water partition coefficient (Wildman–Crippen LogP) is 23.0. The first kappa shape index (κ1) is 81.2. The van der Waals surface area contributed by atoms with Crippen molar-refractivity contribution in [2.24, 2.45) is 0 Å². The molecule has 0 aliphatic carbocycles. The highest BCUT2D eigenvalue weighted by Gasteiger charge is 2.30. The number of unbranched alkanes of at least 4 members (excludes halogenated alkanes) is 47. The Balaban J connectivity index is 4.97. The molecule has 0 spiro atoms. The van der Waals surface area contributed by atoms with E-state index < -0.39 is 20.0 Å². The minimum absolute atomic E-state index is 0.0431. The molecular weight excluding hydrogens is 1050 g/mol. The Morgan fingerprint density at radius 3 is 1.11 bits per heavy atom. The number of esters is 1. The van der Waals surface area contributed by atoms with E-state index in [4.69, 9.17) is 13.8 Å². The summed E-state index contributed by atoms with van der Waals surface area (Å²) >= 11 is 0. The number of carbonyl (C=O) groups is 2. The molecule has 9 nitrogen and oxygen atoms in total. The molecule has 0 aliphatic rings. The van der Waals surface area contributed by atoms with Crippen LogP contribution in [0.25, 0.3) is 0 Å². The number of amides is 1. The van der Waals surface area contributed by atoms with E-state index in [0.29, 0.717) is 23.9 Å². The number of nitrogens with zero attached hydrogens (tertiary/aromatic N) is 1. The third-order valence-electron chi connectivity index (χ3n) is 16.6. The molecule has 0 bridgehead atoms. The Morgan fingerprint density at radius 2 is 0.735 bits per heavy atom. The van der Waals surface area contributed by atoms with Crippen molar-refractivity contribution < 1.29 is 37.3 Å². The Labute approximate surface area is 516 Å². The standard InChI is InChI=1S/C73H141N2O7P/c1-7-10-13-16-19-22-25-27-29-31-33-35-37-39-41-43-45-47-50-53-56-59-62-65-72(76)74-70(69-81-83(78,79)80-68-67-75(4,5)6)71(64-61-58-55-52-49-24-21-18-15-12-9-3)82-73(77)66-63-60-57-54-51-48-46-44-42-40-38-36-34-32-30-28-26-23-20-17-14-11-8-2/h19,22,27,29,61,64,70-71H,7-18,20-21,23-26,28,30-60,62-63,65-69H2,1-6H3,(H-,74,76,78,79)/p+1/b22-19-,29-27-,64-61+. The van der Waals surface area contributed by atoms with E-state index >= 15 is 0 Å². The Kier molecular flexibility index (Phi) is 61.9. The van der Waals surface area contributed by atoms with E-state index in [1.807, 2.05) is 33.3 Å². The molecule has 0 aromatic heterocycles. The van der Waals surface area contributed by atoms with Crippen LogP contribution >= 0.6 is 7.82 Å². The molecule has 0 aromatic rings. The highest BCUT2D eigenvalue weighted by molar-refractivity contribution is 7.47. The van der Waals surface area contributed by atoms with Crippen molar-refractivity contribution in [2.75, 3.05) is 40.9 Å². The van der Waals surface area contributed by atoms with Gasteiger partial charge in [-0.25, -0.2) is 4.57 Å². The lowest BCUT2D eigenvalue weighted by molar-refractivity contribution is -0.870. The number of phosphoric ester groups is 1. The molecule has 0 aliphatic heterocycles. The van der Waals surface area contributed by atoms with Gasteiger partial charge in [0.05, 0.1) is 33.8 Å². The van der Waals surface area contributed by atoms with Crippen LogP contribution < -0.4 is 5.32 Å². The first-order chi connectivity index (χ1) is 40.4. The minimum Gasteiger partial charge on any atom is -0.456 e. The molecule has 3 unspecified atom stereocenters. The van der Waals surface area contributed by atoms with Crippen molar-refractivity contribution in [2.45, 2.75) is 380 Å². The average Bonchev–Trinajstić information content (AvgIpc) is 3.51. The highest BCUT2D eigenvalue weighted by atomic mass is 31.2. The van der Waals surface area contributed by atoms with Crippen LogP contribution in [0.5, 0.6) is 0 Å². The summed E-state index contributed by atoms with van der Waals surface area (Å²) in [6.45, 7) is 7.05. The highest BCUT2D eigenvalue weighted by Crippen LogP contribution is 2.43. The molecule has 0 saturated heterocycles. The number of nitrogens with one attached hydrogen (secondary N) is 1. The lowest BCUT2D eigenvalue weighted by atomic mass is 10.0. The number of ether oxygens (including phenoxy) is 1. The van der Waals surface area contributed by atoms with Gasteiger partial charge in [-0.15, -0.1) is 0 Å². The van der Waals surface area contributed by atoms with Crippen molar-refractivity contribution in [3.63, 3.8) is 0 Å². The molecular formula is C73H142N2O7P+. The van der Waals surface area contributed by atoms with Gasteiger partial charge in [0.25, 0.3) is 0 Å². The third-order valence-corrected chi connectivity index (χ3v) is 17.6. The number of hydrogen-bond acceptors (Lipinski definition) is 6. The number of carbonyl (C=O) groups excluding carboxylic acids is 2. The van der Waals surface area contributed by atoms with Crippen LogP contribution in [0.2, 0.25) is 0 Å². The average molecular weight is 1190 g/mol. The molecule has 1 amide bonds. The predicted molar refractivity (Wildman–Crippen MR) is 360 cm³/mol. The molecule has 83 heavy (non-hydrogen) atoms.